The molecule has 0 bridgehead atoms. The van der Waals surface area contributed by atoms with Crippen LogP contribution in [-0.4, -0.2) is 37.2 Å². The lowest BCUT2D eigenvalue weighted by atomic mass is 10.0. The summed E-state index contributed by atoms with van der Waals surface area (Å²) < 4.78 is 16.9. The lowest BCUT2D eigenvalue weighted by Gasteiger charge is -2.18. The summed E-state index contributed by atoms with van der Waals surface area (Å²) >= 11 is 0. The predicted molar refractivity (Wildman–Crippen MR) is 353 cm³/mol. The van der Waals surface area contributed by atoms with Crippen LogP contribution in [0.4, 0.5) is 0 Å². The summed E-state index contributed by atoms with van der Waals surface area (Å²) in [5.74, 6) is -0.884. The van der Waals surface area contributed by atoms with E-state index < -0.39 is 6.10 Å². The first-order chi connectivity index (χ1) is 40.0. The number of unbranched alkanes of at least 4 members (excludes halogenated alkanes) is 42. The van der Waals surface area contributed by atoms with Crippen LogP contribution in [0, 0.1) is 0 Å². The zero-order valence-electron chi connectivity index (χ0n) is 54.1. The van der Waals surface area contributed by atoms with Gasteiger partial charge in [-0.25, -0.2) is 0 Å². The van der Waals surface area contributed by atoms with Crippen LogP contribution in [0.2, 0.25) is 0 Å². The van der Waals surface area contributed by atoms with Crippen LogP contribution >= 0.6 is 0 Å². The van der Waals surface area contributed by atoms with Gasteiger partial charge in [-0.2, -0.15) is 0 Å². The molecule has 0 fully saturated rings. The molecule has 0 saturated carbocycles. The van der Waals surface area contributed by atoms with E-state index in [-0.39, 0.29) is 31.1 Å². The Morgan fingerprint density at radius 3 is 0.728 bits per heavy atom. The van der Waals surface area contributed by atoms with Crippen molar-refractivity contribution in [1.82, 2.24) is 0 Å². The highest BCUT2D eigenvalue weighted by Crippen LogP contribution is 2.17. The Bertz CT molecular complexity index is 1490. The second kappa shape index (κ2) is 69.3. The molecule has 1 unspecified atom stereocenters. The van der Waals surface area contributed by atoms with Crippen molar-refractivity contribution in [3.63, 3.8) is 0 Å². The maximum Gasteiger partial charge on any atom is 0.306 e. The van der Waals surface area contributed by atoms with Crippen LogP contribution in [0.3, 0.4) is 0 Å². The van der Waals surface area contributed by atoms with Crippen LogP contribution in [0.15, 0.2) is 72.9 Å². The largest absolute Gasteiger partial charge is 0.462 e. The van der Waals surface area contributed by atoms with E-state index in [1.807, 2.05) is 0 Å². The molecule has 0 aromatic heterocycles. The molecule has 1 atom stereocenters. The van der Waals surface area contributed by atoms with Crippen molar-refractivity contribution >= 4 is 17.9 Å². The lowest BCUT2D eigenvalue weighted by Crippen LogP contribution is -2.30. The predicted octanol–water partition coefficient (Wildman–Crippen LogP) is 24.4. The molecule has 0 aliphatic heterocycles. The van der Waals surface area contributed by atoms with E-state index >= 15 is 0 Å². The topological polar surface area (TPSA) is 78.9 Å². The highest BCUT2D eigenvalue weighted by atomic mass is 16.6. The molecule has 0 radical (unpaired) electrons. The van der Waals surface area contributed by atoms with Crippen molar-refractivity contribution in [2.24, 2.45) is 0 Å². The van der Waals surface area contributed by atoms with Gasteiger partial charge in [0.05, 0.1) is 0 Å². The third kappa shape index (κ3) is 67.5. The van der Waals surface area contributed by atoms with Gasteiger partial charge in [0.15, 0.2) is 6.10 Å². The molecule has 470 valence electrons. The second-order valence-corrected chi connectivity index (χ2v) is 23.8. The Kier molecular flexibility index (Phi) is 66.6. The molecule has 6 heteroatoms. The number of esters is 3. The minimum atomic E-state index is -0.786. The Hall–Kier alpha value is -3.15. The van der Waals surface area contributed by atoms with E-state index in [1.54, 1.807) is 0 Å². The monoisotopic (exact) mass is 1130 g/mol. The van der Waals surface area contributed by atoms with E-state index in [9.17, 15) is 14.4 Å². The standard InChI is InChI=1S/C75H134O6/c1-4-7-10-13-16-19-22-25-28-29-30-31-32-33-34-35-36-37-38-39-40-41-42-43-44-45-48-50-53-56-59-62-65-68-74(77)80-71-72(81-75(78)69-66-63-60-57-54-51-47-27-24-21-18-15-12-9-6-3)70-79-73(76)67-64-61-58-55-52-49-46-26-23-20-17-14-11-8-5-2/h18,21-22,25-27,29-30,32-33,46-47,72H,4-17,19-20,23-24,28,31,34-45,48-71H2,1-3H3/b21-18-,25-22-,30-29-,33-32-,46-26-,47-27-. The molecule has 6 nitrogen and oxygen atoms in total. The number of ether oxygens (including phenoxy) is 3. The van der Waals surface area contributed by atoms with Gasteiger partial charge in [-0.1, -0.05) is 306 Å². The molecule has 0 aliphatic carbocycles. The Morgan fingerprint density at radius 2 is 0.444 bits per heavy atom. The van der Waals surface area contributed by atoms with Crippen LogP contribution in [0.25, 0.3) is 0 Å². The average Bonchev–Trinajstić information content (AvgIpc) is 3.47. The van der Waals surface area contributed by atoms with Gasteiger partial charge in [-0.15, -0.1) is 0 Å². The smallest absolute Gasteiger partial charge is 0.306 e. The molecule has 0 aromatic rings. The van der Waals surface area contributed by atoms with Gasteiger partial charge < -0.3 is 14.2 Å². The summed E-state index contributed by atoms with van der Waals surface area (Å²) in [6.45, 7) is 6.62. The molecule has 0 amide bonds. The maximum absolute atomic E-state index is 12.9. The van der Waals surface area contributed by atoms with Crippen LogP contribution < -0.4 is 0 Å². The number of carbonyl (C=O) groups is 3. The first-order valence-corrected chi connectivity index (χ1v) is 35.4. The Labute approximate surface area is 503 Å². The summed E-state index contributed by atoms with van der Waals surface area (Å²) in [6.07, 6.45) is 90.8. The van der Waals surface area contributed by atoms with Crippen LogP contribution in [0.5, 0.6) is 0 Å². The second-order valence-electron chi connectivity index (χ2n) is 23.8. The maximum atomic E-state index is 12.9. The summed E-state index contributed by atoms with van der Waals surface area (Å²) in [5.41, 5.74) is 0. The molecular formula is C75H134O6. The van der Waals surface area contributed by atoms with Crippen molar-refractivity contribution in [3.8, 4) is 0 Å². The first kappa shape index (κ1) is 77.9. The molecule has 0 saturated heterocycles. The van der Waals surface area contributed by atoms with Crippen molar-refractivity contribution in [1.29, 1.82) is 0 Å². The minimum absolute atomic E-state index is 0.0804. The van der Waals surface area contributed by atoms with E-state index in [2.05, 4.69) is 93.7 Å². The Balaban J connectivity index is 4.17. The fourth-order valence-corrected chi connectivity index (χ4v) is 10.3. The van der Waals surface area contributed by atoms with Gasteiger partial charge in [-0.05, 0) is 116 Å². The van der Waals surface area contributed by atoms with E-state index in [0.29, 0.717) is 19.3 Å². The number of hydrogen-bond acceptors (Lipinski definition) is 6. The van der Waals surface area contributed by atoms with Gasteiger partial charge in [0.25, 0.3) is 0 Å². The molecule has 0 N–H and O–H groups in total. The molecule has 0 heterocycles. The SMILES string of the molecule is CCCCC/C=C\C/C=C\CCCCCCCC(=O)OC(COC(=O)CCCCCCC/C=C\CCCCCCCC)COC(=O)CCCCCCCCCCCCCCCCCCCC/C=C\C/C=C\C/C=C\CCCCCCC. The van der Waals surface area contributed by atoms with Gasteiger partial charge in [0, 0.05) is 19.3 Å². The highest BCUT2D eigenvalue weighted by Gasteiger charge is 2.19. The van der Waals surface area contributed by atoms with Crippen LogP contribution in [-0.2, 0) is 28.6 Å². The third-order valence-corrected chi connectivity index (χ3v) is 15.7. The van der Waals surface area contributed by atoms with Crippen molar-refractivity contribution < 1.29 is 28.6 Å². The normalized spacial score (nSPS) is 12.5. The summed E-state index contributed by atoms with van der Waals surface area (Å²) in [6, 6.07) is 0. The quantitative estimate of drug-likeness (QED) is 0.0261. The summed E-state index contributed by atoms with van der Waals surface area (Å²) in [5, 5.41) is 0. The van der Waals surface area contributed by atoms with E-state index in [1.165, 1.54) is 225 Å². The molecule has 0 rings (SSSR count). The summed E-state index contributed by atoms with van der Waals surface area (Å²) in [4.78, 5) is 38.4. The third-order valence-electron chi connectivity index (χ3n) is 15.7. The average molecular weight is 1130 g/mol. The zero-order chi connectivity index (χ0) is 58.5. The minimum Gasteiger partial charge on any atom is -0.462 e. The molecule has 0 aliphatic rings. The van der Waals surface area contributed by atoms with E-state index in [0.717, 1.165) is 103 Å². The van der Waals surface area contributed by atoms with Gasteiger partial charge in [-0.3, -0.25) is 14.4 Å². The molecule has 0 spiro atoms. The summed E-state index contributed by atoms with van der Waals surface area (Å²) in [7, 11) is 0. The van der Waals surface area contributed by atoms with Gasteiger partial charge >= 0.3 is 17.9 Å². The molecular weight excluding hydrogens is 997 g/mol. The fraction of sp³-hybridized carbons (Fsp3) is 0.800. The number of hydrogen-bond donors (Lipinski definition) is 0. The van der Waals surface area contributed by atoms with Crippen LogP contribution in [0.1, 0.15) is 367 Å². The van der Waals surface area contributed by atoms with Crippen molar-refractivity contribution in [2.45, 2.75) is 374 Å². The lowest BCUT2D eigenvalue weighted by molar-refractivity contribution is -0.167. The number of allylic oxidation sites excluding steroid dienone is 12. The Morgan fingerprint density at radius 1 is 0.247 bits per heavy atom. The highest BCUT2D eigenvalue weighted by molar-refractivity contribution is 5.71. The first-order valence-electron chi connectivity index (χ1n) is 35.4. The molecule has 0 aromatic carbocycles. The number of carbonyl (C=O) groups excluding carboxylic acids is 3. The van der Waals surface area contributed by atoms with Gasteiger partial charge in [0.1, 0.15) is 13.2 Å². The van der Waals surface area contributed by atoms with E-state index in [4.69, 9.17) is 14.2 Å². The fourth-order valence-electron chi connectivity index (χ4n) is 10.3. The zero-order valence-corrected chi connectivity index (χ0v) is 54.1. The number of rotatable bonds is 65. The van der Waals surface area contributed by atoms with Crippen molar-refractivity contribution in [3.05, 3.63) is 72.9 Å². The van der Waals surface area contributed by atoms with Gasteiger partial charge in [0.2, 0.25) is 0 Å². The van der Waals surface area contributed by atoms with Crippen molar-refractivity contribution in [2.75, 3.05) is 13.2 Å². The molecule has 81 heavy (non-hydrogen) atoms.